The molecule has 0 heterocycles. The molecular weight excluding hydrogens is 427 g/mol. The van der Waals surface area contributed by atoms with Gasteiger partial charge in [-0.25, -0.2) is 0 Å². The van der Waals surface area contributed by atoms with E-state index in [4.69, 9.17) is 0 Å². The summed E-state index contributed by atoms with van der Waals surface area (Å²) < 4.78 is 1.55. The van der Waals surface area contributed by atoms with Crippen molar-refractivity contribution in [1.29, 1.82) is 0 Å². The Morgan fingerprint density at radius 2 is 1.52 bits per heavy atom. The van der Waals surface area contributed by atoms with Crippen LogP contribution in [0.3, 0.4) is 0 Å². The first-order valence-electron chi connectivity index (χ1n) is 10.0. The molecule has 0 N–H and O–H groups in total. The second-order valence-electron chi connectivity index (χ2n) is 9.96. The number of hydrogen-bond acceptors (Lipinski definition) is 2. The van der Waals surface area contributed by atoms with Crippen LogP contribution in [0.1, 0.15) is 25.7 Å². The summed E-state index contributed by atoms with van der Waals surface area (Å²) in [6, 6.07) is 13.0. The minimum absolute atomic E-state index is 0.728. The number of hydrogen-bond donors (Lipinski definition) is 0. The maximum atomic E-state index is 2.76. The van der Waals surface area contributed by atoms with Crippen LogP contribution in [0.25, 0.3) is 0 Å². The average Bonchev–Trinajstić information content (AvgIpc) is 2.53. The molecule has 0 aromatic heterocycles. The van der Waals surface area contributed by atoms with Gasteiger partial charge in [0.1, 0.15) is 0 Å². The monoisotopic (exact) mass is 468 g/mol. The molecule has 1 aliphatic rings. The fraction of sp³-hybridized carbons (Fsp3) is 0.714. The molecule has 1 aromatic rings. The van der Waals surface area contributed by atoms with E-state index in [0.29, 0.717) is 0 Å². The first-order valence-corrected chi connectivity index (χ1v) is 23.5. The van der Waals surface area contributed by atoms with Crippen molar-refractivity contribution < 1.29 is 0 Å². The molecule has 1 saturated carbocycles. The standard InChI is InChI=1S/C18H31N2Si.3CH3.Sn/c1-19(2)17-13-9-10-14-18(17)20(3)15-21(4,5)16-11-7-6-8-12-16;;;;/h6-8,11-12,17-18H,4,9-10,13-15H2,1-3,5H3;3*1H3;/t17-,18-,21+;;;;/m1..../s1. The number of rotatable bonds is 7. The van der Waals surface area contributed by atoms with Crippen molar-refractivity contribution >= 4 is 31.6 Å². The van der Waals surface area contributed by atoms with Crippen molar-refractivity contribution in [2.45, 2.75) is 63.2 Å². The molecule has 3 atom stereocenters. The van der Waals surface area contributed by atoms with E-state index in [-0.39, 0.29) is 0 Å². The molecule has 1 aliphatic carbocycles. The van der Waals surface area contributed by atoms with Gasteiger partial charge in [-0.15, -0.1) is 0 Å². The molecule has 2 nitrogen and oxygen atoms in total. The Bertz CT molecular complexity index is 528. The molecule has 0 unspecified atom stereocenters. The van der Waals surface area contributed by atoms with Crippen molar-refractivity contribution in [3.8, 4) is 0 Å². The molecule has 0 spiro atoms. The fourth-order valence-corrected chi connectivity index (χ4v) is 33.1. The summed E-state index contributed by atoms with van der Waals surface area (Å²) in [5.74, 6) is 0. The van der Waals surface area contributed by atoms with Gasteiger partial charge in [0.05, 0.1) is 0 Å². The summed E-state index contributed by atoms with van der Waals surface area (Å²) in [6.45, 7) is 2.66. The SMILES string of the molecule is CN(C)[C@@H]1CCCC[C@H]1N(C)C[Si@@](C)([CH2][Sn]([CH3])([CH3])[CH3])c1ccccc1. The molecule has 25 heavy (non-hydrogen) atoms. The Morgan fingerprint density at radius 3 is 2.04 bits per heavy atom. The fourth-order valence-electron chi connectivity index (χ4n) is 5.14. The maximum absolute atomic E-state index is 2.76. The van der Waals surface area contributed by atoms with E-state index in [1.54, 1.807) is 9.25 Å². The quantitative estimate of drug-likeness (QED) is 0.555. The van der Waals surface area contributed by atoms with Gasteiger partial charge >= 0.3 is 162 Å². The third-order valence-electron chi connectivity index (χ3n) is 5.91. The molecule has 142 valence electrons. The van der Waals surface area contributed by atoms with Gasteiger partial charge in [-0.2, -0.15) is 0 Å². The van der Waals surface area contributed by atoms with Crippen molar-refractivity contribution in [2.75, 3.05) is 27.3 Å². The van der Waals surface area contributed by atoms with Crippen LogP contribution in [0.2, 0.25) is 25.4 Å². The molecule has 0 amide bonds. The molecule has 1 fully saturated rings. The van der Waals surface area contributed by atoms with Gasteiger partial charge in [0.25, 0.3) is 0 Å². The zero-order valence-electron chi connectivity index (χ0n) is 17.7. The Labute approximate surface area is 161 Å². The van der Waals surface area contributed by atoms with Gasteiger partial charge in [-0.1, -0.05) is 0 Å². The topological polar surface area (TPSA) is 6.48 Å². The van der Waals surface area contributed by atoms with Crippen LogP contribution >= 0.6 is 0 Å². The van der Waals surface area contributed by atoms with Crippen molar-refractivity contribution in [3.05, 3.63) is 30.3 Å². The van der Waals surface area contributed by atoms with Gasteiger partial charge in [0.15, 0.2) is 0 Å². The van der Waals surface area contributed by atoms with Gasteiger partial charge in [-0.05, 0) is 0 Å². The van der Waals surface area contributed by atoms with E-state index >= 15 is 0 Å². The summed E-state index contributed by atoms with van der Waals surface area (Å²) in [5.41, 5.74) is 0. The first-order chi connectivity index (χ1) is 11.6. The van der Waals surface area contributed by atoms with E-state index < -0.39 is 26.5 Å². The Kier molecular flexibility index (Phi) is 7.64. The van der Waals surface area contributed by atoms with Crippen LogP contribution in [0.4, 0.5) is 0 Å². The molecule has 0 bridgehead atoms. The van der Waals surface area contributed by atoms with E-state index in [1.165, 1.54) is 31.9 Å². The van der Waals surface area contributed by atoms with Crippen molar-refractivity contribution in [2.24, 2.45) is 0 Å². The Hall–Kier alpha value is 0.156. The van der Waals surface area contributed by atoms with Gasteiger partial charge < -0.3 is 0 Å². The van der Waals surface area contributed by atoms with Crippen LogP contribution in [0.5, 0.6) is 0 Å². The normalized spacial score (nSPS) is 24.5. The number of likely N-dealkylation sites (N-methyl/N-ethyl adjacent to an activating group) is 2. The Morgan fingerprint density at radius 1 is 0.960 bits per heavy atom. The third-order valence-corrected chi connectivity index (χ3v) is 26.4. The second kappa shape index (κ2) is 8.90. The van der Waals surface area contributed by atoms with Crippen LogP contribution < -0.4 is 5.19 Å². The summed E-state index contributed by atoms with van der Waals surface area (Å²) in [6.07, 6.45) is 6.86. The first kappa shape index (κ1) is 21.5. The molecule has 4 heteroatoms. The van der Waals surface area contributed by atoms with Gasteiger partial charge in [0.2, 0.25) is 0 Å². The molecule has 0 radical (unpaired) electrons. The van der Waals surface area contributed by atoms with Gasteiger partial charge in [-0.3, -0.25) is 0 Å². The average molecular weight is 467 g/mol. The predicted octanol–water partition coefficient (Wildman–Crippen LogP) is 4.19. The zero-order chi connectivity index (χ0) is 18.7. The van der Waals surface area contributed by atoms with E-state index in [0.717, 1.165) is 12.1 Å². The molecular formula is C21H40N2SiSn. The van der Waals surface area contributed by atoms with Crippen molar-refractivity contribution in [3.63, 3.8) is 0 Å². The van der Waals surface area contributed by atoms with Crippen LogP contribution in [-0.4, -0.2) is 75.6 Å². The van der Waals surface area contributed by atoms with E-state index in [2.05, 4.69) is 82.6 Å². The molecule has 0 aliphatic heterocycles. The predicted molar refractivity (Wildman–Crippen MR) is 118 cm³/mol. The van der Waals surface area contributed by atoms with E-state index in [9.17, 15) is 0 Å². The minimum atomic E-state index is -1.87. The second-order valence-corrected chi connectivity index (χ2v) is 32.0. The zero-order valence-corrected chi connectivity index (χ0v) is 21.5. The summed E-state index contributed by atoms with van der Waals surface area (Å²) in [5, 5.41) is 1.67. The summed E-state index contributed by atoms with van der Waals surface area (Å²) in [4.78, 5) is 13.1. The molecule has 0 saturated heterocycles. The van der Waals surface area contributed by atoms with Crippen LogP contribution in [0.15, 0.2) is 30.3 Å². The van der Waals surface area contributed by atoms with E-state index in [1.807, 2.05) is 0 Å². The van der Waals surface area contributed by atoms with Crippen LogP contribution in [-0.2, 0) is 0 Å². The summed E-state index contributed by atoms with van der Waals surface area (Å²) in [7, 11) is 5.49. The number of nitrogens with zero attached hydrogens (tertiary/aromatic N) is 2. The molecule has 1 aromatic carbocycles. The van der Waals surface area contributed by atoms with Gasteiger partial charge in [0, 0.05) is 0 Å². The number of benzene rings is 1. The van der Waals surface area contributed by atoms with Crippen LogP contribution in [0, 0.1) is 0 Å². The molecule has 2 rings (SSSR count). The van der Waals surface area contributed by atoms with Crippen molar-refractivity contribution in [1.82, 2.24) is 9.80 Å². The Balaban J connectivity index is 2.23. The summed E-state index contributed by atoms with van der Waals surface area (Å²) >= 11 is -1.87. The third kappa shape index (κ3) is 6.08.